The molecule has 0 heterocycles. The second-order valence-electron chi connectivity index (χ2n) is 4.57. The molecule has 106 valence electrons. The molecule has 2 amide bonds. The molecule has 0 fully saturated rings. The van der Waals surface area contributed by atoms with E-state index in [1.54, 1.807) is 19.9 Å². The highest BCUT2D eigenvalue weighted by Gasteiger charge is 2.19. The molecular formula is C14H16N2O4. The van der Waals surface area contributed by atoms with Crippen molar-refractivity contribution in [2.75, 3.05) is 12.4 Å². The number of hydrogen-bond acceptors (Lipinski definition) is 3. The van der Waals surface area contributed by atoms with Crippen molar-refractivity contribution < 1.29 is 19.4 Å². The van der Waals surface area contributed by atoms with E-state index in [1.165, 1.54) is 19.2 Å². The summed E-state index contributed by atoms with van der Waals surface area (Å²) in [5.74, 6) is 1.62. The van der Waals surface area contributed by atoms with Crippen molar-refractivity contribution in [2.24, 2.45) is 0 Å². The van der Waals surface area contributed by atoms with E-state index in [0.717, 1.165) is 0 Å². The van der Waals surface area contributed by atoms with Crippen LogP contribution in [-0.4, -0.2) is 29.8 Å². The van der Waals surface area contributed by atoms with Crippen LogP contribution in [0.5, 0.6) is 5.75 Å². The maximum absolute atomic E-state index is 11.8. The Morgan fingerprint density at radius 2 is 2.05 bits per heavy atom. The first-order valence-electron chi connectivity index (χ1n) is 5.77. The van der Waals surface area contributed by atoms with Crippen molar-refractivity contribution in [2.45, 2.75) is 19.4 Å². The predicted molar refractivity (Wildman–Crippen MR) is 75.0 cm³/mol. The quantitative estimate of drug-likeness (QED) is 0.733. The minimum Gasteiger partial charge on any atom is -0.497 e. The minimum absolute atomic E-state index is 0.0713. The number of carbonyl (C=O) groups is 2. The molecule has 0 saturated carbocycles. The Balaban J connectivity index is 2.95. The van der Waals surface area contributed by atoms with Crippen molar-refractivity contribution in [3.05, 3.63) is 23.8 Å². The second-order valence-corrected chi connectivity index (χ2v) is 4.57. The summed E-state index contributed by atoms with van der Waals surface area (Å²) >= 11 is 0. The summed E-state index contributed by atoms with van der Waals surface area (Å²) in [5, 5.41) is 14.1. The fourth-order valence-electron chi connectivity index (χ4n) is 1.41. The van der Waals surface area contributed by atoms with Crippen LogP contribution in [0, 0.1) is 12.3 Å². The molecule has 0 aliphatic carbocycles. The normalized spacial score (nSPS) is 10.3. The maximum Gasteiger partial charge on any atom is 0.337 e. The molecule has 3 N–H and O–H groups in total. The van der Waals surface area contributed by atoms with Gasteiger partial charge >= 0.3 is 12.0 Å². The fourth-order valence-corrected chi connectivity index (χ4v) is 1.41. The van der Waals surface area contributed by atoms with Gasteiger partial charge in [-0.15, -0.1) is 6.42 Å². The highest BCUT2D eigenvalue weighted by atomic mass is 16.5. The van der Waals surface area contributed by atoms with Crippen LogP contribution in [0.25, 0.3) is 0 Å². The van der Waals surface area contributed by atoms with Gasteiger partial charge in [0.15, 0.2) is 0 Å². The average molecular weight is 276 g/mol. The molecule has 1 rings (SSSR count). The van der Waals surface area contributed by atoms with Gasteiger partial charge in [0, 0.05) is 0 Å². The highest BCUT2D eigenvalue weighted by molar-refractivity contribution is 6.00. The summed E-state index contributed by atoms with van der Waals surface area (Å²) in [7, 11) is 1.43. The van der Waals surface area contributed by atoms with Gasteiger partial charge in [-0.3, -0.25) is 0 Å². The standard InChI is InChI=1S/C14H16N2O4/c1-5-14(2,3)16-13(19)15-11-7-6-9(20-4)8-10(11)12(17)18/h1,6-8H,2-4H3,(H,17,18)(H2,15,16,19). The number of amides is 2. The van der Waals surface area contributed by atoms with E-state index < -0.39 is 17.5 Å². The van der Waals surface area contributed by atoms with Gasteiger partial charge in [0.25, 0.3) is 0 Å². The number of ether oxygens (including phenoxy) is 1. The van der Waals surface area contributed by atoms with Crippen LogP contribution in [0.2, 0.25) is 0 Å². The number of carboxylic acid groups (broad SMARTS) is 1. The molecule has 1 aromatic carbocycles. The van der Waals surface area contributed by atoms with E-state index in [9.17, 15) is 9.59 Å². The Hall–Kier alpha value is -2.68. The smallest absolute Gasteiger partial charge is 0.337 e. The van der Waals surface area contributed by atoms with Crippen LogP contribution in [-0.2, 0) is 0 Å². The Bertz CT molecular complexity index is 573. The Kier molecular flexibility index (Phi) is 4.59. The van der Waals surface area contributed by atoms with E-state index in [2.05, 4.69) is 16.6 Å². The number of anilines is 1. The number of methoxy groups -OCH3 is 1. The van der Waals surface area contributed by atoms with Crippen molar-refractivity contribution in [1.29, 1.82) is 0 Å². The molecule has 0 saturated heterocycles. The van der Waals surface area contributed by atoms with Crippen molar-refractivity contribution in [3.63, 3.8) is 0 Å². The molecule has 1 aromatic rings. The Morgan fingerprint density at radius 1 is 1.40 bits per heavy atom. The maximum atomic E-state index is 11.8. The van der Waals surface area contributed by atoms with Gasteiger partial charge in [0.1, 0.15) is 5.75 Å². The first-order valence-corrected chi connectivity index (χ1v) is 5.77. The molecule has 0 spiro atoms. The van der Waals surface area contributed by atoms with Crippen molar-refractivity contribution in [3.8, 4) is 18.1 Å². The fraction of sp³-hybridized carbons (Fsp3) is 0.286. The first kappa shape index (κ1) is 15.4. The summed E-state index contributed by atoms with van der Waals surface area (Å²) in [6.07, 6.45) is 5.26. The van der Waals surface area contributed by atoms with E-state index in [1.807, 2.05) is 0 Å². The van der Waals surface area contributed by atoms with Crippen LogP contribution in [0.3, 0.4) is 0 Å². The first-order chi connectivity index (χ1) is 9.29. The SMILES string of the molecule is C#CC(C)(C)NC(=O)Nc1ccc(OC)cc1C(=O)O. The van der Waals surface area contributed by atoms with Gasteiger partial charge in [-0.25, -0.2) is 9.59 Å². The van der Waals surface area contributed by atoms with Gasteiger partial charge in [-0.1, -0.05) is 5.92 Å². The third-order valence-corrected chi connectivity index (χ3v) is 2.49. The van der Waals surface area contributed by atoms with Crippen LogP contribution in [0.4, 0.5) is 10.5 Å². The largest absolute Gasteiger partial charge is 0.497 e. The van der Waals surface area contributed by atoms with Gasteiger partial charge < -0.3 is 20.5 Å². The van der Waals surface area contributed by atoms with Crippen LogP contribution >= 0.6 is 0 Å². The molecule has 0 bridgehead atoms. The van der Waals surface area contributed by atoms with E-state index in [0.29, 0.717) is 5.75 Å². The Labute approximate surface area is 117 Å². The number of rotatable bonds is 4. The number of aromatic carboxylic acids is 1. The zero-order valence-electron chi connectivity index (χ0n) is 11.5. The van der Waals surface area contributed by atoms with Crippen molar-refractivity contribution in [1.82, 2.24) is 5.32 Å². The number of nitrogens with one attached hydrogen (secondary N) is 2. The number of hydrogen-bond donors (Lipinski definition) is 3. The topological polar surface area (TPSA) is 87.7 Å². The van der Waals surface area contributed by atoms with Gasteiger partial charge in [0.05, 0.1) is 23.9 Å². The molecule has 0 aliphatic rings. The molecule has 6 heteroatoms. The predicted octanol–water partition coefficient (Wildman–Crippen LogP) is 1.93. The molecule has 0 aromatic heterocycles. The molecule has 0 unspecified atom stereocenters. The lowest BCUT2D eigenvalue weighted by Gasteiger charge is -2.20. The number of carbonyl (C=O) groups excluding carboxylic acids is 1. The lowest BCUT2D eigenvalue weighted by molar-refractivity contribution is 0.0697. The van der Waals surface area contributed by atoms with E-state index in [4.69, 9.17) is 16.3 Å². The third kappa shape index (κ3) is 3.92. The summed E-state index contributed by atoms with van der Waals surface area (Å²) in [6, 6.07) is 3.74. The van der Waals surface area contributed by atoms with E-state index >= 15 is 0 Å². The highest BCUT2D eigenvalue weighted by Crippen LogP contribution is 2.22. The third-order valence-electron chi connectivity index (χ3n) is 2.49. The van der Waals surface area contributed by atoms with Crippen LogP contribution < -0.4 is 15.4 Å². The molecule has 6 nitrogen and oxygen atoms in total. The molecular weight excluding hydrogens is 260 g/mol. The molecule has 20 heavy (non-hydrogen) atoms. The zero-order valence-corrected chi connectivity index (χ0v) is 11.5. The van der Waals surface area contributed by atoms with Crippen molar-refractivity contribution >= 4 is 17.7 Å². The zero-order chi connectivity index (χ0) is 15.3. The van der Waals surface area contributed by atoms with Crippen LogP contribution in [0.15, 0.2) is 18.2 Å². The summed E-state index contributed by atoms with van der Waals surface area (Å²) in [5.41, 5.74) is -0.749. The van der Waals surface area contributed by atoms with Gasteiger partial charge in [-0.2, -0.15) is 0 Å². The lowest BCUT2D eigenvalue weighted by atomic mass is 10.1. The number of carboxylic acids is 1. The summed E-state index contributed by atoms with van der Waals surface area (Å²) < 4.78 is 4.94. The molecule has 0 aliphatic heterocycles. The molecule has 0 radical (unpaired) electrons. The number of terminal acetylenes is 1. The average Bonchev–Trinajstić information content (AvgIpc) is 2.38. The number of urea groups is 1. The number of benzene rings is 1. The minimum atomic E-state index is -1.17. The molecule has 0 atom stereocenters. The summed E-state index contributed by atoms with van der Waals surface area (Å²) in [6.45, 7) is 3.30. The van der Waals surface area contributed by atoms with Gasteiger partial charge in [-0.05, 0) is 32.0 Å². The van der Waals surface area contributed by atoms with Crippen LogP contribution in [0.1, 0.15) is 24.2 Å². The summed E-state index contributed by atoms with van der Waals surface area (Å²) in [4.78, 5) is 22.9. The lowest BCUT2D eigenvalue weighted by Crippen LogP contribution is -2.44. The van der Waals surface area contributed by atoms with E-state index in [-0.39, 0.29) is 11.3 Å². The van der Waals surface area contributed by atoms with Gasteiger partial charge in [0.2, 0.25) is 0 Å². The monoisotopic (exact) mass is 276 g/mol. The Morgan fingerprint density at radius 3 is 2.55 bits per heavy atom. The second kappa shape index (κ2) is 5.97.